The highest BCUT2D eigenvalue weighted by Gasteiger charge is 2.45. The van der Waals surface area contributed by atoms with Gasteiger partial charge in [0.15, 0.2) is 0 Å². The molecule has 0 spiro atoms. The van der Waals surface area contributed by atoms with E-state index in [4.69, 9.17) is 5.73 Å². The van der Waals surface area contributed by atoms with Gasteiger partial charge in [-0.25, -0.2) is 4.68 Å². The summed E-state index contributed by atoms with van der Waals surface area (Å²) in [6.45, 7) is 3.50. The summed E-state index contributed by atoms with van der Waals surface area (Å²) in [4.78, 5) is 41.7. The fourth-order valence-electron chi connectivity index (χ4n) is 5.21. The Labute approximate surface area is 193 Å². The zero-order valence-electron chi connectivity index (χ0n) is 19.2. The molecule has 2 aliphatic heterocycles. The number of aryl methyl sites for hydroxylation is 1. The number of amides is 2. The van der Waals surface area contributed by atoms with Crippen molar-refractivity contribution in [2.45, 2.75) is 69.9 Å². The SMILES string of the molecule is NC(=O)C1(N2CCCCC2)CCN(C(=O)CCCCCn2nnc3ccccc3c2=O)CC1. The summed E-state index contributed by atoms with van der Waals surface area (Å²) in [6, 6.07) is 7.20. The maximum atomic E-state index is 12.7. The second-order valence-electron chi connectivity index (χ2n) is 9.27. The summed E-state index contributed by atoms with van der Waals surface area (Å²) in [6.07, 6.45) is 7.50. The molecule has 9 nitrogen and oxygen atoms in total. The Balaban J connectivity index is 1.21. The average Bonchev–Trinajstić information content (AvgIpc) is 2.85. The summed E-state index contributed by atoms with van der Waals surface area (Å²) in [5.74, 6) is -0.113. The highest BCUT2D eigenvalue weighted by atomic mass is 16.2. The van der Waals surface area contributed by atoms with Gasteiger partial charge in [0.05, 0.1) is 5.39 Å². The molecule has 2 aliphatic rings. The first kappa shape index (κ1) is 23.4. The Kier molecular flexibility index (Phi) is 7.37. The van der Waals surface area contributed by atoms with Gasteiger partial charge in [0.25, 0.3) is 5.56 Å². The van der Waals surface area contributed by atoms with E-state index in [1.165, 1.54) is 11.1 Å². The molecule has 2 N–H and O–H groups in total. The van der Waals surface area contributed by atoms with Gasteiger partial charge >= 0.3 is 0 Å². The van der Waals surface area contributed by atoms with Crippen LogP contribution in [0.3, 0.4) is 0 Å². The van der Waals surface area contributed by atoms with E-state index in [-0.39, 0.29) is 17.4 Å². The van der Waals surface area contributed by atoms with Gasteiger partial charge in [-0.05, 0) is 63.7 Å². The Morgan fingerprint density at radius 1 is 0.970 bits per heavy atom. The summed E-state index contributed by atoms with van der Waals surface area (Å²) in [5.41, 5.74) is 5.72. The fourth-order valence-corrected chi connectivity index (χ4v) is 5.21. The number of carbonyl (C=O) groups excluding carboxylic acids is 2. The average molecular weight is 455 g/mol. The molecule has 2 aromatic rings. The second kappa shape index (κ2) is 10.4. The molecule has 4 rings (SSSR count). The molecule has 0 aliphatic carbocycles. The fraction of sp³-hybridized carbons (Fsp3) is 0.625. The van der Waals surface area contributed by atoms with E-state index in [0.717, 1.165) is 45.2 Å². The third-order valence-corrected chi connectivity index (χ3v) is 7.25. The zero-order valence-corrected chi connectivity index (χ0v) is 19.2. The lowest BCUT2D eigenvalue weighted by Gasteiger charge is -2.48. The lowest BCUT2D eigenvalue weighted by atomic mass is 9.83. The number of fused-ring (bicyclic) bond motifs is 1. The van der Waals surface area contributed by atoms with Gasteiger partial charge in [-0.15, -0.1) is 5.10 Å². The minimum Gasteiger partial charge on any atom is -0.368 e. The van der Waals surface area contributed by atoms with Crippen LogP contribution in [0.25, 0.3) is 10.9 Å². The predicted octanol–water partition coefficient (Wildman–Crippen LogP) is 1.68. The van der Waals surface area contributed by atoms with Gasteiger partial charge in [-0.3, -0.25) is 19.3 Å². The number of nitrogens with zero attached hydrogens (tertiary/aromatic N) is 5. The first-order chi connectivity index (χ1) is 16.0. The molecule has 1 aromatic carbocycles. The van der Waals surface area contributed by atoms with Crippen molar-refractivity contribution in [1.82, 2.24) is 24.8 Å². The van der Waals surface area contributed by atoms with E-state index < -0.39 is 5.54 Å². The van der Waals surface area contributed by atoms with Crippen molar-refractivity contribution >= 4 is 22.7 Å². The molecule has 0 atom stereocenters. The van der Waals surface area contributed by atoms with E-state index in [1.807, 2.05) is 17.0 Å². The minimum atomic E-state index is -0.592. The van der Waals surface area contributed by atoms with Crippen LogP contribution in [-0.4, -0.2) is 68.3 Å². The third kappa shape index (κ3) is 5.08. The van der Waals surface area contributed by atoms with Crippen molar-refractivity contribution in [2.75, 3.05) is 26.2 Å². The molecule has 2 amide bonds. The Bertz CT molecular complexity index is 1040. The van der Waals surface area contributed by atoms with Crippen LogP contribution in [0.4, 0.5) is 0 Å². The highest BCUT2D eigenvalue weighted by molar-refractivity contribution is 5.85. The van der Waals surface area contributed by atoms with Crippen molar-refractivity contribution < 1.29 is 9.59 Å². The molecule has 178 valence electrons. The summed E-state index contributed by atoms with van der Waals surface area (Å²) < 4.78 is 1.40. The topological polar surface area (TPSA) is 114 Å². The quantitative estimate of drug-likeness (QED) is 0.607. The molecule has 0 saturated carbocycles. The number of likely N-dealkylation sites (tertiary alicyclic amines) is 2. The van der Waals surface area contributed by atoms with Gasteiger partial charge in [0, 0.05) is 26.1 Å². The smallest absolute Gasteiger partial charge is 0.277 e. The van der Waals surface area contributed by atoms with Crippen molar-refractivity contribution in [3.63, 3.8) is 0 Å². The molecule has 33 heavy (non-hydrogen) atoms. The summed E-state index contributed by atoms with van der Waals surface area (Å²) in [7, 11) is 0. The Morgan fingerprint density at radius 2 is 1.70 bits per heavy atom. The zero-order chi connectivity index (χ0) is 23.3. The van der Waals surface area contributed by atoms with Crippen LogP contribution < -0.4 is 11.3 Å². The second-order valence-corrected chi connectivity index (χ2v) is 9.27. The molecule has 0 bridgehead atoms. The van der Waals surface area contributed by atoms with Crippen LogP contribution in [-0.2, 0) is 16.1 Å². The lowest BCUT2D eigenvalue weighted by molar-refractivity contribution is -0.142. The lowest BCUT2D eigenvalue weighted by Crippen LogP contribution is -2.63. The van der Waals surface area contributed by atoms with E-state index in [9.17, 15) is 14.4 Å². The number of piperidine rings is 2. The number of rotatable bonds is 8. The molecule has 2 saturated heterocycles. The van der Waals surface area contributed by atoms with Crippen LogP contribution in [0.2, 0.25) is 0 Å². The van der Waals surface area contributed by atoms with Crippen molar-refractivity contribution in [3.8, 4) is 0 Å². The molecular formula is C24H34N6O3. The number of nitrogens with two attached hydrogens (primary N) is 1. The summed E-state index contributed by atoms with van der Waals surface area (Å²) >= 11 is 0. The standard InChI is InChI=1S/C24H34N6O3/c25-23(33)24(29-14-6-2-7-15-29)12-17-28(18-13-24)21(31)11-3-1-8-16-30-22(32)19-9-4-5-10-20(19)26-27-30/h4-5,9-10H,1-3,6-8,11-18H2,(H2,25,33). The predicted molar refractivity (Wildman–Crippen MR) is 125 cm³/mol. The normalized spacial score (nSPS) is 19.0. The molecule has 2 fully saturated rings. The van der Waals surface area contributed by atoms with Crippen molar-refractivity contribution in [3.05, 3.63) is 34.6 Å². The van der Waals surface area contributed by atoms with Crippen LogP contribution >= 0.6 is 0 Å². The number of benzene rings is 1. The van der Waals surface area contributed by atoms with E-state index in [1.54, 1.807) is 12.1 Å². The van der Waals surface area contributed by atoms with Gasteiger partial charge in [-0.1, -0.05) is 30.2 Å². The number of aromatic nitrogens is 3. The van der Waals surface area contributed by atoms with Crippen LogP contribution in [0.5, 0.6) is 0 Å². The highest BCUT2D eigenvalue weighted by Crippen LogP contribution is 2.31. The van der Waals surface area contributed by atoms with Crippen LogP contribution in [0, 0.1) is 0 Å². The first-order valence-corrected chi connectivity index (χ1v) is 12.2. The molecule has 0 unspecified atom stereocenters. The molecular weight excluding hydrogens is 420 g/mol. The van der Waals surface area contributed by atoms with Crippen molar-refractivity contribution in [2.24, 2.45) is 5.73 Å². The van der Waals surface area contributed by atoms with Gasteiger partial charge in [-0.2, -0.15) is 0 Å². The molecule has 9 heteroatoms. The largest absolute Gasteiger partial charge is 0.368 e. The monoisotopic (exact) mass is 454 g/mol. The van der Waals surface area contributed by atoms with E-state index >= 15 is 0 Å². The number of carbonyl (C=O) groups is 2. The molecule has 0 radical (unpaired) electrons. The van der Waals surface area contributed by atoms with Crippen molar-refractivity contribution in [1.29, 1.82) is 0 Å². The number of hydrogen-bond donors (Lipinski definition) is 1. The maximum absolute atomic E-state index is 12.7. The van der Waals surface area contributed by atoms with Crippen LogP contribution in [0.1, 0.15) is 57.8 Å². The first-order valence-electron chi connectivity index (χ1n) is 12.2. The number of primary amides is 1. The third-order valence-electron chi connectivity index (χ3n) is 7.25. The van der Waals surface area contributed by atoms with Gasteiger partial charge in [0.2, 0.25) is 11.8 Å². The molecule has 3 heterocycles. The Hall–Kier alpha value is -2.81. The summed E-state index contributed by atoms with van der Waals surface area (Å²) in [5, 5.41) is 8.69. The molecule has 1 aromatic heterocycles. The number of unbranched alkanes of at least 4 members (excludes halogenated alkanes) is 2. The Morgan fingerprint density at radius 3 is 2.42 bits per heavy atom. The number of hydrogen-bond acceptors (Lipinski definition) is 6. The van der Waals surface area contributed by atoms with Gasteiger partial charge in [0.1, 0.15) is 11.1 Å². The van der Waals surface area contributed by atoms with E-state index in [2.05, 4.69) is 15.2 Å². The minimum absolute atomic E-state index is 0.128. The van der Waals surface area contributed by atoms with Gasteiger partial charge < -0.3 is 10.6 Å². The van der Waals surface area contributed by atoms with E-state index in [0.29, 0.717) is 49.8 Å². The van der Waals surface area contributed by atoms with Crippen LogP contribution in [0.15, 0.2) is 29.1 Å². The maximum Gasteiger partial charge on any atom is 0.277 e.